The molecule has 0 saturated heterocycles. The van der Waals surface area contributed by atoms with E-state index < -0.39 is 5.97 Å². The molecule has 0 spiro atoms. The Bertz CT molecular complexity index is 584. The van der Waals surface area contributed by atoms with E-state index in [9.17, 15) is 4.79 Å². The Morgan fingerprint density at radius 1 is 1.43 bits per heavy atom. The van der Waals surface area contributed by atoms with Crippen molar-refractivity contribution in [3.63, 3.8) is 0 Å². The highest BCUT2D eigenvalue weighted by Gasteiger charge is 2.14. The Hall–Kier alpha value is -1.79. The lowest BCUT2D eigenvalue weighted by molar-refractivity contribution is -0.138. The second-order valence-electron chi connectivity index (χ2n) is 5.32. The predicted octanol–water partition coefficient (Wildman–Crippen LogP) is 2.75. The van der Waals surface area contributed by atoms with Gasteiger partial charge in [0.2, 0.25) is 0 Å². The Kier molecular flexibility index (Phi) is 5.41. The van der Waals surface area contributed by atoms with Gasteiger partial charge in [-0.25, -0.2) is 4.98 Å². The third-order valence-electron chi connectivity index (χ3n) is 2.80. The largest absolute Gasteiger partial charge is 0.480 e. The first-order chi connectivity index (χ1) is 10.0. The van der Waals surface area contributed by atoms with Crippen molar-refractivity contribution in [2.75, 3.05) is 13.1 Å². The van der Waals surface area contributed by atoms with Gasteiger partial charge in [-0.2, -0.15) is 0 Å². The zero-order chi connectivity index (χ0) is 15.2. The Morgan fingerprint density at radius 3 is 2.86 bits per heavy atom. The van der Waals surface area contributed by atoms with Crippen LogP contribution in [0.15, 0.2) is 29.8 Å². The lowest BCUT2D eigenvalue weighted by Crippen LogP contribution is -2.32. The van der Waals surface area contributed by atoms with Gasteiger partial charge >= 0.3 is 5.97 Å². The van der Waals surface area contributed by atoms with Crippen molar-refractivity contribution in [3.05, 3.63) is 35.5 Å². The molecule has 0 saturated carbocycles. The number of pyridine rings is 1. The van der Waals surface area contributed by atoms with Gasteiger partial charge in [0, 0.05) is 24.7 Å². The average Bonchev–Trinajstić information content (AvgIpc) is 2.86. The first-order valence-corrected chi connectivity index (χ1v) is 7.72. The van der Waals surface area contributed by atoms with Crippen LogP contribution in [0.4, 0.5) is 0 Å². The molecule has 21 heavy (non-hydrogen) atoms. The maximum atomic E-state index is 10.9. The molecule has 0 aliphatic rings. The van der Waals surface area contributed by atoms with Gasteiger partial charge in [0.15, 0.2) is 0 Å². The minimum Gasteiger partial charge on any atom is -0.480 e. The van der Waals surface area contributed by atoms with Gasteiger partial charge in [0.05, 0.1) is 17.9 Å². The van der Waals surface area contributed by atoms with Crippen LogP contribution in [-0.2, 0) is 11.3 Å². The highest BCUT2D eigenvalue weighted by molar-refractivity contribution is 7.13. The number of nitrogens with zero attached hydrogens (tertiary/aromatic N) is 3. The number of aromatic nitrogens is 2. The molecule has 0 aliphatic heterocycles. The fraction of sp³-hybridized carbons (Fsp3) is 0.400. The molecule has 2 aromatic rings. The van der Waals surface area contributed by atoms with Crippen molar-refractivity contribution in [1.29, 1.82) is 0 Å². The van der Waals surface area contributed by atoms with Crippen LogP contribution in [0.2, 0.25) is 0 Å². The molecule has 112 valence electrons. The molecule has 2 aromatic heterocycles. The molecule has 0 bridgehead atoms. The smallest absolute Gasteiger partial charge is 0.317 e. The van der Waals surface area contributed by atoms with Crippen molar-refractivity contribution in [3.8, 4) is 10.7 Å². The summed E-state index contributed by atoms with van der Waals surface area (Å²) in [6.45, 7) is 5.48. The molecule has 2 rings (SSSR count). The SMILES string of the molecule is CC(C)CN(CC(=O)O)Cc1csc(-c2ccccn2)n1. The number of hydrogen-bond donors (Lipinski definition) is 1. The van der Waals surface area contributed by atoms with Crippen LogP contribution in [0.25, 0.3) is 10.7 Å². The van der Waals surface area contributed by atoms with Gasteiger partial charge in [-0.1, -0.05) is 19.9 Å². The maximum absolute atomic E-state index is 10.9. The van der Waals surface area contributed by atoms with E-state index >= 15 is 0 Å². The number of carboxylic acids is 1. The lowest BCUT2D eigenvalue weighted by Gasteiger charge is -2.21. The first kappa shape index (κ1) is 15.6. The molecule has 0 atom stereocenters. The number of hydrogen-bond acceptors (Lipinski definition) is 5. The molecule has 0 fully saturated rings. The molecule has 1 N–H and O–H groups in total. The third kappa shape index (κ3) is 4.91. The monoisotopic (exact) mass is 305 g/mol. The maximum Gasteiger partial charge on any atom is 0.317 e. The van der Waals surface area contributed by atoms with E-state index in [1.807, 2.05) is 28.5 Å². The van der Waals surface area contributed by atoms with E-state index in [-0.39, 0.29) is 6.54 Å². The summed E-state index contributed by atoms with van der Waals surface area (Å²) in [6, 6.07) is 5.72. The van der Waals surface area contributed by atoms with Crippen LogP contribution in [0.5, 0.6) is 0 Å². The molecule has 5 nitrogen and oxygen atoms in total. The molecule has 2 heterocycles. The summed E-state index contributed by atoms with van der Waals surface area (Å²) in [5.74, 6) is -0.394. The highest BCUT2D eigenvalue weighted by Crippen LogP contribution is 2.22. The Balaban J connectivity index is 2.07. The number of thiazole rings is 1. The Labute approximate surface area is 128 Å². The van der Waals surface area contributed by atoms with Crippen LogP contribution in [0.1, 0.15) is 19.5 Å². The van der Waals surface area contributed by atoms with Gasteiger partial charge in [-0.05, 0) is 18.1 Å². The molecular weight excluding hydrogens is 286 g/mol. The fourth-order valence-electron chi connectivity index (χ4n) is 2.11. The number of carbonyl (C=O) groups is 1. The van der Waals surface area contributed by atoms with Gasteiger partial charge in [-0.15, -0.1) is 11.3 Å². The van der Waals surface area contributed by atoms with Gasteiger partial charge < -0.3 is 5.11 Å². The molecule has 0 aliphatic carbocycles. The number of rotatable bonds is 7. The van der Waals surface area contributed by atoms with Crippen molar-refractivity contribution in [2.45, 2.75) is 20.4 Å². The van der Waals surface area contributed by atoms with E-state index in [0.717, 1.165) is 22.9 Å². The molecule has 6 heteroatoms. The van der Waals surface area contributed by atoms with E-state index in [1.165, 1.54) is 11.3 Å². The van der Waals surface area contributed by atoms with Gasteiger partial charge in [-0.3, -0.25) is 14.7 Å². The normalized spacial score (nSPS) is 11.2. The van der Waals surface area contributed by atoms with Crippen LogP contribution in [0, 0.1) is 5.92 Å². The summed E-state index contributed by atoms with van der Waals surface area (Å²) in [7, 11) is 0. The average molecular weight is 305 g/mol. The van der Waals surface area contributed by atoms with E-state index in [0.29, 0.717) is 12.5 Å². The molecule has 0 amide bonds. The highest BCUT2D eigenvalue weighted by atomic mass is 32.1. The molecule has 0 radical (unpaired) electrons. The summed E-state index contributed by atoms with van der Waals surface area (Å²) in [5, 5.41) is 11.8. The topological polar surface area (TPSA) is 66.3 Å². The fourth-order valence-corrected chi connectivity index (χ4v) is 2.89. The number of carboxylic acid groups (broad SMARTS) is 1. The van der Waals surface area contributed by atoms with Crippen LogP contribution in [-0.4, -0.2) is 39.0 Å². The molecule has 0 unspecified atom stereocenters. The van der Waals surface area contributed by atoms with Crippen LogP contribution < -0.4 is 0 Å². The van der Waals surface area contributed by atoms with E-state index in [4.69, 9.17) is 5.11 Å². The van der Waals surface area contributed by atoms with E-state index in [2.05, 4.69) is 23.8 Å². The quantitative estimate of drug-likeness (QED) is 0.852. The summed E-state index contributed by atoms with van der Waals surface area (Å²) in [5.41, 5.74) is 1.74. The summed E-state index contributed by atoms with van der Waals surface area (Å²) >= 11 is 1.53. The summed E-state index contributed by atoms with van der Waals surface area (Å²) in [4.78, 5) is 21.7. The van der Waals surface area contributed by atoms with Crippen molar-refractivity contribution in [1.82, 2.24) is 14.9 Å². The van der Waals surface area contributed by atoms with Gasteiger partial charge in [0.1, 0.15) is 5.01 Å². The zero-order valence-electron chi connectivity index (χ0n) is 12.2. The van der Waals surface area contributed by atoms with Crippen molar-refractivity contribution in [2.24, 2.45) is 5.92 Å². The zero-order valence-corrected chi connectivity index (χ0v) is 13.0. The minimum absolute atomic E-state index is 0.0363. The predicted molar refractivity (Wildman–Crippen MR) is 83.1 cm³/mol. The third-order valence-corrected chi connectivity index (χ3v) is 3.72. The summed E-state index contributed by atoms with van der Waals surface area (Å²) in [6.07, 6.45) is 1.74. The van der Waals surface area contributed by atoms with Gasteiger partial charge in [0.25, 0.3) is 0 Å². The first-order valence-electron chi connectivity index (χ1n) is 6.84. The second-order valence-corrected chi connectivity index (χ2v) is 6.17. The Morgan fingerprint density at radius 2 is 2.24 bits per heavy atom. The molecule has 0 aromatic carbocycles. The van der Waals surface area contributed by atoms with E-state index in [1.54, 1.807) is 6.20 Å². The standard InChI is InChI=1S/C15H19N3O2S/c1-11(2)7-18(9-14(19)20)8-12-10-21-15(17-12)13-5-3-4-6-16-13/h3-6,10-11H,7-9H2,1-2H3,(H,19,20). The lowest BCUT2D eigenvalue weighted by atomic mass is 10.2. The van der Waals surface area contributed by atoms with Crippen molar-refractivity contribution >= 4 is 17.3 Å². The molecular formula is C15H19N3O2S. The van der Waals surface area contributed by atoms with Crippen LogP contribution in [0.3, 0.4) is 0 Å². The summed E-state index contributed by atoms with van der Waals surface area (Å²) < 4.78 is 0. The number of aliphatic carboxylic acids is 1. The van der Waals surface area contributed by atoms with Crippen molar-refractivity contribution < 1.29 is 9.90 Å². The minimum atomic E-state index is -0.809. The second kappa shape index (κ2) is 7.28. The van der Waals surface area contributed by atoms with Crippen LogP contribution >= 0.6 is 11.3 Å².